The first-order valence-electron chi connectivity index (χ1n) is 5.37. The van der Waals surface area contributed by atoms with Crippen molar-refractivity contribution in [3.63, 3.8) is 0 Å². The molecular weight excluding hydrogens is 274 g/mol. The molecule has 0 aliphatic heterocycles. The second-order valence-electron chi connectivity index (χ2n) is 3.93. The molecule has 0 saturated heterocycles. The molecule has 0 unspecified atom stereocenters. The molecule has 1 aromatic carbocycles. The van der Waals surface area contributed by atoms with Gasteiger partial charge in [0.2, 0.25) is 0 Å². The largest absolute Gasteiger partial charge is 0.493 e. The molecule has 0 radical (unpaired) electrons. The van der Waals surface area contributed by atoms with Gasteiger partial charge in [-0.25, -0.2) is 8.42 Å². The van der Waals surface area contributed by atoms with E-state index in [2.05, 4.69) is 0 Å². The van der Waals surface area contributed by atoms with Crippen LogP contribution in [-0.2, 0) is 9.84 Å². The van der Waals surface area contributed by atoms with Crippen LogP contribution in [0.3, 0.4) is 0 Å². The van der Waals surface area contributed by atoms with Crippen LogP contribution in [0, 0.1) is 10.1 Å². The summed E-state index contributed by atoms with van der Waals surface area (Å²) in [6, 6.07) is 3.65. The molecule has 0 fully saturated rings. The number of hydrogen-bond acceptors (Lipinski definition) is 6. The van der Waals surface area contributed by atoms with Crippen molar-refractivity contribution >= 4 is 21.8 Å². The molecule has 7 nitrogen and oxygen atoms in total. The molecular formula is C11H13NO6S. The van der Waals surface area contributed by atoms with Gasteiger partial charge in [-0.2, -0.15) is 0 Å². The average Bonchev–Trinajstić information content (AvgIpc) is 2.33. The maximum atomic E-state index is 10.9. The summed E-state index contributed by atoms with van der Waals surface area (Å²) < 4.78 is 27.0. The average molecular weight is 287 g/mol. The topological polar surface area (TPSA) is 104 Å². The van der Waals surface area contributed by atoms with Gasteiger partial charge in [-0.3, -0.25) is 14.9 Å². The van der Waals surface area contributed by atoms with E-state index in [4.69, 9.17) is 4.74 Å². The highest BCUT2D eigenvalue weighted by atomic mass is 32.2. The number of sulfone groups is 1. The summed E-state index contributed by atoms with van der Waals surface area (Å²) in [6.45, 7) is 0.117. The fourth-order valence-corrected chi connectivity index (χ4v) is 2.02. The summed E-state index contributed by atoms with van der Waals surface area (Å²) in [5, 5.41) is 10.5. The van der Waals surface area contributed by atoms with Crippen molar-refractivity contribution in [1.29, 1.82) is 0 Å². The van der Waals surface area contributed by atoms with E-state index in [0.29, 0.717) is 6.29 Å². The molecule has 8 heteroatoms. The quantitative estimate of drug-likeness (QED) is 0.323. The number of nitro benzene ring substituents is 1. The fourth-order valence-electron chi connectivity index (χ4n) is 1.38. The first kappa shape index (κ1) is 15.1. The second kappa shape index (κ2) is 6.28. The molecule has 0 amide bonds. The predicted octanol–water partition coefficient (Wildman–Crippen LogP) is 1.22. The molecule has 0 bridgehead atoms. The molecule has 104 valence electrons. The van der Waals surface area contributed by atoms with Gasteiger partial charge in [0, 0.05) is 18.4 Å². The number of rotatable bonds is 7. The van der Waals surface area contributed by atoms with E-state index in [1.165, 1.54) is 12.1 Å². The van der Waals surface area contributed by atoms with Gasteiger partial charge in [-0.15, -0.1) is 0 Å². The normalized spacial score (nSPS) is 11.0. The molecule has 0 aliphatic rings. The Kier molecular flexibility index (Phi) is 4.99. The van der Waals surface area contributed by atoms with Gasteiger partial charge in [-0.1, -0.05) is 0 Å². The van der Waals surface area contributed by atoms with Crippen LogP contribution in [0.25, 0.3) is 0 Å². The van der Waals surface area contributed by atoms with Crippen LogP contribution in [0.1, 0.15) is 16.8 Å². The minimum atomic E-state index is -3.05. The summed E-state index contributed by atoms with van der Waals surface area (Å²) in [5.74, 6) is 0.185. The molecule has 0 saturated carbocycles. The van der Waals surface area contributed by atoms with Gasteiger partial charge in [0.05, 0.1) is 22.8 Å². The Morgan fingerprint density at radius 2 is 2.11 bits per heavy atom. The van der Waals surface area contributed by atoms with Gasteiger partial charge in [0.25, 0.3) is 5.69 Å². The lowest BCUT2D eigenvalue weighted by Crippen LogP contribution is -2.08. The van der Waals surface area contributed by atoms with E-state index in [-0.39, 0.29) is 35.8 Å². The van der Waals surface area contributed by atoms with Crippen LogP contribution >= 0.6 is 0 Å². The number of nitrogens with zero attached hydrogens (tertiary/aromatic N) is 1. The van der Waals surface area contributed by atoms with E-state index in [9.17, 15) is 23.3 Å². The Morgan fingerprint density at radius 1 is 1.42 bits per heavy atom. The number of aldehydes is 1. The fraction of sp³-hybridized carbons (Fsp3) is 0.364. The third kappa shape index (κ3) is 5.04. The second-order valence-corrected chi connectivity index (χ2v) is 6.19. The first-order valence-corrected chi connectivity index (χ1v) is 7.43. The van der Waals surface area contributed by atoms with Crippen LogP contribution in [0.2, 0.25) is 0 Å². The van der Waals surface area contributed by atoms with Crippen LogP contribution in [0.5, 0.6) is 5.75 Å². The molecule has 1 aromatic rings. The first-order chi connectivity index (χ1) is 8.83. The number of nitro groups is 1. The van der Waals surface area contributed by atoms with E-state index in [1.54, 1.807) is 0 Å². The Morgan fingerprint density at radius 3 is 2.63 bits per heavy atom. The number of carbonyl (C=O) groups excluding carboxylic acids is 1. The third-order valence-electron chi connectivity index (χ3n) is 2.25. The molecule has 0 spiro atoms. The van der Waals surface area contributed by atoms with Crippen molar-refractivity contribution in [3.05, 3.63) is 33.9 Å². The zero-order valence-corrected chi connectivity index (χ0v) is 11.1. The number of carbonyl (C=O) groups is 1. The maximum absolute atomic E-state index is 10.9. The van der Waals surface area contributed by atoms with Gasteiger partial charge < -0.3 is 4.74 Å². The molecule has 0 aliphatic carbocycles. The van der Waals surface area contributed by atoms with E-state index in [0.717, 1.165) is 12.3 Å². The SMILES string of the molecule is CS(=O)(=O)CCCOc1ccc([N+](=O)[O-])cc1C=O. The zero-order chi connectivity index (χ0) is 14.5. The molecule has 19 heavy (non-hydrogen) atoms. The predicted molar refractivity (Wildman–Crippen MR) is 68.3 cm³/mol. The highest BCUT2D eigenvalue weighted by molar-refractivity contribution is 7.90. The minimum Gasteiger partial charge on any atom is -0.493 e. The third-order valence-corrected chi connectivity index (χ3v) is 3.28. The van der Waals surface area contributed by atoms with Crippen LogP contribution < -0.4 is 4.74 Å². The van der Waals surface area contributed by atoms with Crippen molar-refractivity contribution in [2.24, 2.45) is 0 Å². The minimum absolute atomic E-state index is 0.0175. The molecule has 0 atom stereocenters. The number of ether oxygens (including phenoxy) is 1. The number of hydrogen-bond donors (Lipinski definition) is 0. The summed E-state index contributed by atoms with van der Waals surface area (Å²) in [5.41, 5.74) is -0.140. The van der Waals surface area contributed by atoms with Crippen molar-refractivity contribution in [2.45, 2.75) is 6.42 Å². The van der Waals surface area contributed by atoms with Crippen LogP contribution in [0.4, 0.5) is 5.69 Å². The Hall–Kier alpha value is -1.96. The van der Waals surface area contributed by atoms with Crippen molar-refractivity contribution in [3.8, 4) is 5.75 Å². The molecule has 0 N–H and O–H groups in total. The van der Waals surface area contributed by atoms with Gasteiger partial charge in [-0.05, 0) is 12.5 Å². The Bertz CT molecular complexity index is 581. The molecule has 1 rings (SSSR count). The van der Waals surface area contributed by atoms with Gasteiger partial charge >= 0.3 is 0 Å². The van der Waals surface area contributed by atoms with Crippen molar-refractivity contribution in [2.75, 3.05) is 18.6 Å². The monoisotopic (exact) mass is 287 g/mol. The van der Waals surface area contributed by atoms with Crippen LogP contribution in [0.15, 0.2) is 18.2 Å². The highest BCUT2D eigenvalue weighted by Gasteiger charge is 2.11. The number of non-ortho nitro benzene ring substituents is 1. The smallest absolute Gasteiger partial charge is 0.270 e. The van der Waals surface area contributed by atoms with E-state index in [1.807, 2.05) is 0 Å². The lowest BCUT2D eigenvalue weighted by Gasteiger charge is -2.07. The Balaban J connectivity index is 2.68. The van der Waals surface area contributed by atoms with E-state index >= 15 is 0 Å². The van der Waals surface area contributed by atoms with Crippen LogP contribution in [-0.4, -0.2) is 38.2 Å². The lowest BCUT2D eigenvalue weighted by molar-refractivity contribution is -0.384. The van der Waals surface area contributed by atoms with Gasteiger partial charge in [0.1, 0.15) is 15.6 Å². The summed E-state index contributed by atoms with van der Waals surface area (Å²) in [7, 11) is -3.05. The summed E-state index contributed by atoms with van der Waals surface area (Å²) in [4.78, 5) is 20.7. The van der Waals surface area contributed by atoms with Crippen molar-refractivity contribution < 1.29 is 22.9 Å². The standard InChI is InChI=1S/C11H13NO6S/c1-19(16,17)6-2-5-18-11-4-3-10(12(14)15)7-9(11)8-13/h3-4,7-8H,2,5-6H2,1H3. The maximum Gasteiger partial charge on any atom is 0.270 e. The summed E-state index contributed by atoms with van der Waals surface area (Å²) in [6.07, 6.45) is 1.86. The highest BCUT2D eigenvalue weighted by Crippen LogP contribution is 2.22. The Labute approximate surface area is 110 Å². The van der Waals surface area contributed by atoms with E-state index < -0.39 is 14.8 Å². The number of benzene rings is 1. The summed E-state index contributed by atoms with van der Waals surface area (Å²) >= 11 is 0. The zero-order valence-electron chi connectivity index (χ0n) is 10.2. The molecule has 0 aromatic heterocycles. The van der Waals surface area contributed by atoms with Crippen molar-refractivity contribution in [1.82, 2.24) is 0 Å². The lowest BCUT2D eigenvalue weighted by atomic mass is 10.2. The van der Waals surface area contributed by atoms with Gasteiger partial charge in [0.15, 0.2) is 6.29 Å². The molecule has 0 heterocycles.